The molecule has 27 heavy (non-hydrogen) atoms. The van der Waals surface area contributed by atoms with Crippen LogP contribution < -0.4 is 11.1 Å². The van der Waals surface area contributed by atoms with Crippen LogP contribution in [0.1, 0.15) is 29.8 Å². The second-order valence-electron chi connectivity index (χ2n) is 5.68. The van der Waals surface area contributed by atoms with Gasteiger partial charge in [-0.2, -0.15) is 0 Å². The van der Waals surface area contributed by atoms with E-state index in [1.54, 1.807) is 13.8 Å². The van der Waals surface area contributed by atoms with E-state index in [1.165, 1.54) is 24.3 Å². The van der Waals surface area contributed by atoms with Crippen LogP contribution in [0.2, 0.25) is 0 Å². The molecule has 0 fully saturated rings. The van der Waals surface area contributed by atoms with Gasteiger partial charge in [0.25, 0.3) is 5.91 Å². The molecule has 0 aliphatic carbocycles. The van der Waals surface area contributed by atoms with Gasteiger partial charge in [0.1, 0.15) is 0 Å². The Labute approximate surface area is 201 Å². The van der Waals surface area contributed by atoms with Gasteiger partial charge in [-0.05, 0) is 23.6 Å². The third-order valence-electron chi connectivity index (χ3n) is 3.41. The summed E-state index contributed by atoms with van der Waals surface area (Å²) in [5.74, 6) is -4.18. The van der Waals surface area contributed by atoms with E-state index in [1.807, 2.05) is 0 Å². The molecule has 2 amide bonds. The van der Waals surface area contributed by atoms with Gasteiger partial charge >= 0.3 is 71.1 Å². The first-order valence-electron chi connectivity index (χ1n) is 7.48. The zero-order chi connectivity index (χ0) is 19.1. The fourth-order valence-corrected chi connectivity index (χ4v) is 2.26. The Bertz CT molecular complexity index is 729. The molecule has 138 valence electrons. The summed E-state index contributed by atoms with van der Waals surface area (Å²) in [7, 11) is 0. The zero-order valence-corrected chi connectivity index (χ0v) is 13.9. The van der Waals surface area contributed by atoms with Crippen molar-refractivity contribution >= 4 is 82.9 Å². The standard InChI is InChI=1S/C17H20N2O6.2Na.2H/c1-9(2)14(17(24)25)12(16(22)23)7-10-3-5-11(6-4-10)15(21)19-8-13(18)20;;;;/h3-6,9H,7-8H2,1-2H3,(H2,18,20)(H,19,21)(H,22,23)(H,24,25);;;;/b14-12-;;;;. The quantitative estimate of drug-likeness (QED) is 0.336. The summed E-state index contributed by atoms with van der Waals surface area (Å²) in [5.41, 5.74) is 5.40. The van der Waals surface area contributed by atoms with Crippen LogP contribution in [0.3, 0.4) is 0 Å². The first kappa shape index (κ1) is 28.1. The third-order valence-corrected chi connectivity index (χ3v) is 3.41. The molecule has 0 aliphatic heterocycles. The van der Waals surface area contributed by atoms with Gasteiger partial charge < -0.3 is 21.3 Å². The summed E-state index contributed by atoms with van der Waals surface area (Å²) in [6.07, 6.45) is -0.0850. The molecule has 0 radical (unpaired) electrons. The molecule has 0 heterocycles. The summed E-state index contributed by atoms with van der Waals surface area (Å²) in [6.45, 7) is 2.93. The molecule has 0 aliphatic rings. The van der Waals surface area contributed by atoms with E-state index >= 15 is 0 Å². The van der Waals surface area contributed by atoms with Crippen LogP contribution in [-0.4, -0.2) is 99.6 Å². The molecule has 0 atom stereocenters. The fourth-order valence-electron chi connectivity index (χ4n) is 2.26. The third kappa shape index (κ3) is 9.05. The SMILES string of the molecule is CC(C)/C(C(=O)O)=C(\Cc1ccc(C(=O)NCC(N)=O)cc1)C(=O)O.[NaH].[NaH]. The molecule has 0 unspecified atom stereocenters. The van der Waals surface area contributed by atoms with Crippen LogP contribution in [-0.2, 0) is 20.8 Å². The molecule has 0 saturated heterocycles. The van der Waals surface area contributed by atoms with E-state index in [9.17, 15) is 29.4 Å². The van der Waals surface area contributed by atoms with Crippen LogP contribution in [0.25, 0.3) is 0 Å². The van der Waals surface area contributed by atoms with Gasteiger partial charge in [-0.3, -0.25) is 9.59 Å². The zero-order valence-electron chi connectivity index (χ0n) is 13.9. The van der Waals surface area contributed by atoms with Gasteiger partial charge in [0.05, 0.1) is 17.7 Å². The number of hydrogen-bond acceptors (Lipinski definition) is 4. The van der Waals surface area contributed by atoms with Crippen molar-refractivity contribution in [3.8, 4) is 0 Å². The number of benzene rings is 1. The second-order valence-corrected chi connectivity index (χ2v) is 5.68. The fraction of sp³-hybridized carbons (Fsp3) is 0.294. The molecule has 1 aromatic rings. The monoisotopic (exact) mass is 396 g/mol. The topological polar surface area (TPSA) is 147 Å². The maximum absolute atomic E-state index is 11.8. The number of carbonyl (C=O) groups excluding carboxylic acids is 2. The number of aliphatic carboxylic acids is 2. The number of nitrogens with two attached hydrogens (primary N) is 1. The maximum atomic E-state index is 11.8. The number of primary amides is 1. The Morgan fingerprint density at radius 2 is 1.52 bits per heavy atom. The van der Waals surface area contributed by atoms with E-state index < -0.39 is 29.7 Å². The van der Waals surface area contributed by atoms with Gasteiger partial charge in [0.15, 0.2) is 0 Å². The number of carboxylic acids is 2. The molecule has 5 N–H and O–H groups in total. The molecule has 0 bridgehead atoms. The molecule has 1 rings (SSSR count). The predicted octanol–water partition coefficient (Wildman–Crippen LogP) is -0.731. The van der Waals surface area contributed by atoms with Crippen molar-refractivity contribution < 1.29 is 29.4 Å². The Balaban J connectivity index is 0. The van der Waals surface area contributed by atoms with E-state index in [0.717, 1.165) is 0 Å². The van der Waals surface area contributed by atoms with Gasteiger partial charge in [0, 0.05) is 12.0 Å². The van der Waals surface area contributed by atoms with Gasteiger partial charge in [0.2, 0.25) is 5.91 Å². The number of nitrogens with one attached hydrogen (secondary N) is 1. The van der Waals surface area contributed by atoms with Crippen molar-refractivity contribution in [3.05, 3.63) is 46.5 Å². The summed E-state index contributed by atoms with van der Waals surface area (Å²) < 4.78 is 0. The first-order chi connectivity index (χ1) is 11.6. The average molecular weight is 396 g/mol. The Morgan fingerprint density at radius 1 is 1.00 bits per heavy atom. The van der Waals surface area contributed by atoms with Crippen molar-refractivity contribution in [2.45, 2.75) is 20.3 Å². The molecule has 8 nitrogen and oxygen atoms in total. The average Bonchev–Trinajstić information content (AvgIpc) is 2.51. The number of carbonyl (C=O) groups is 4. The molecule has 10 heteroatoms. The molecular formula is C17H22N2Na2O6. The molecular weight excluding hydrogens is 374 g/mol. The Morgan fingerprint density at radius 3 is 1.89 bits per heavy atom. The van der Waals surface area contributed by atoms with E-state index in [2.05, 4.69) is 5.32 Å². The van der Waals surface area contributed by atoms with Crippen molar-refractivity contribution in [3.63, 3.8) is 0 Å². The van der Waals surface area contributed by atoms with Crippen molar-refractivity contribution in [1.29, 1.82) is 0 Å². The Kier molecular flexibility index (Phi) is 13.6. The number of carboxylic acid groups (broad SMARTS) is 2. The number of amides is 2. The summed E-state index contributed by atoms with van der Waals surface area (Å²) in [6, 6.07) is 5.98. The van der Waals surface area contributed by atoms with Crippen LogP contribution in [0.15, 0.2) is 35.4 Å². The van der Waals surface area contributed by atoms with E-state index in [4.69, 9.17) is 5.73 Å². The minimum atomic E-state index is -1.30. The van der Waals surface area contributed by atoms with E-state index in [0.29, 0.717) is 5.56 Å². The van der Waals surface area contributed by atoms with Crippen molar-refractivity contribution in [2.75, 3.05) is 6.54 Å². The van der Waals surface area contributed by atoms with Gasteiger partial charge in [-0.15, -0.1) is 0 Å². The Hall–Kier alpha value is -1.16. The normalized spacial score (nSPS) is 10.8. The number of hydrogen-bond donors (Lipinski definition) is 4. The van der Waals surface area contributed by atoms with Crippen LogP contribution in [0, 0.1) is 5.92 Å². The minimum absolute atomic E-state index is 0. The summed E-state index contributed by atoms with van der Waals surface area (Å²) in [4.78, 5) is 45.2. The van der Waals surface area contributed by atoms with Gasteiger partial charge in [-0.25, -0.2) is 9.59 Å². The van der Waals surface area contributed by atoms with Crippen LogP contribution >= 0.6 is 0 Å². The molecule has 0 spiro atoms. The van der Waals surface area contributed by atoms with Gasteiger partial charge in [-0.1, -0.05) is 26.0 Å². The summed E-state index contributed by atoms with van der Waals surface area (Å²) >= 11 is 0. The molecule has 0 saturated carbocycles. The van der Waals surface area contributed by atoms with Crippen LogP contribution in [0.5, 0.6) is 0 Å². The molecule has 0 aromatic heterocycles. The predicted molar refractivity (Wildman–Crippen MR) is 103 cm³/mol. The summed E-state index contributed by atoms with van der Waals surface area (Å²) in [5, 5.41) is 20.9. The second kappa shape index (κ2) is 13.1. The van der Waals surface area contributed by atoms with Crippen LogP contribution in [0.4, 0.5) is 0 Å². The molecule has 1 aromatic carbocycles. The van der Waals surface area contributed by atoms with Crippen molar-refractivity contribution in [1.82, 2.24) is 5.32 Å². The van der Waals surface area contributed by atoms with Crippen molar-refractivity contribution in [2.24, 2.45) is 11.7 Å². The first-order valence-corrected chi connectivity index (χ1v) is 7.48. The van der Waals surface area contributed by atoms with E-state index in [-0.39, 0.29) is 88.8 Å². The number of rotatable bonds is 8.